The first-order valence-corrected chi connectivity index (χ1v) is 10.2. The zero-order chi connectivity index (χ0) is 19.5. The lowest BCUT2D eigenvalue weighted by Gasteiger charge is -2.10. The van der Waals surface area contributed by atoms with E-state index in [4.69, 9.17) is 4.42 Å². The van der Waals surface area contributed by atoms with E-state index in [2.05, 4.69) is 0 Å². The molecular weight excluding hydrogens is 374 g/mol. The van der Waals surface area contributed by atoms with Crippen LogP contribution in [0.2, 0.25) is 0 Å². The highest BCUT2D eigenvalue weighted by molar-refractivity contribution is 7.90. The minimum Gasteiger partial charge on any atom is -0.420 e. The fourth-order valence-electron chi connectivity index (χ4n) is 3.60. The molecule has 0 amide bonds. The molecule has 3 aromatic carbocycles. The Labute approximate surface area is 160 Å². The summed E-state index contributed by atoms with van der Waals surface area (Å²) >= 11 is 0. The molecule has 0 radical (unpaired) electrons. The Morgan fingerprint density at radius 3 is 2.11 bits per heavy atom. The molecule has 0 saturated heterocycles. The van der Waals surface area contributed by atoms with Crippen molar-refractivity contribution in [2.45, 2.75) is 11.8 Å². The Morgan fingerprint density at radius 1 is 0.786 bits per heavy atom. The van der Waals surface area contributed by atoms with E-state index in [1.807, 2.05) is 6.92 Å². The second-order valence-electron chi connectivity index (χ2n) is 6.71. The van der Waals surface area contributed by atoms with Gasteiger partial charge in [-0.25, -0.2) is 17.2 Å². The quantitative estimate of drug-likeness (QED) is 0.447. The summed E-state index contributed by atoms with van der Waals surface area (Å²) in [6, 6.07) is 20.6. The van der Waals surface area contributed by atoms with Crippen LogP contribution in [0.1, 0.15) is 5.56 Å². The van der Waals surface area contributed by atoms with E-state index in [1.54, 1.807) is 72.8 Å². The molecule has 138 valence electrons. The number of aromatic nitrogens is 1. The molecule has 0 N–H and O–H groups in total. The SMILES string of the molecule is Cc1ccc(S(=O)(=O)n2c3ccccc3c3oc(=O)c4ccccc4c32)cc1. The van der Waals surface area contributed by atoms with Crippen molar-refractivity contribution in [2.24, 2.45) is 0 Å². The van der Waals surface area contributed by atoms with Crippen molar-refractivity contribution in [1.82, 2.24) is 3.97 Å². The van der Waals surface area contributed by atoms with Gasteiger partial charge >= 0.3 is 5.63 Å². The number of fused-ring (bicyclic) bond motifs is 5. The van der Waals surface area contributed by atoms with Crippen LogP contribution in [-0.4, -0.2) is 12.4 Å². The average Bonchev–Trinajstić information content (AvgIpc) is 3.04. The van der Waals surface area contributed by atoms with E-state index >= 15 is 0 Å². The maximum atomic E-state index is 13.6. The van der Waals surface area contributed by atoms with Crippen molar-refractivity contribution in [1.29, 1.82) is 0 Å². The Kier molecular flexibility index (Phi) is 3.48. The Morgan fingerprint density at radius 2 is 1.39 bits per heavy atom. The molecule has 5 aromatic rings. The van der Waals surface area contributed by atoms with Crippen molar-refractivity contribution in [3.8, 4) is 0 Å². The van der Waals surface area contributed by atoms with Crippen molar-refractivity contribution >= 4 is 42.8 Å². The third kappa shape index (κ3) is 2.25. The van der Waals surface area contributed by atoms with Crippen LogP contribution < -0.4 is 5.63 Å². The third-order valence-corrected chi connectivity index (χ3v) is 6.67. The molecule has 0 aliphatic heterocycles. The van der Waals surface area contributed by atoms with Crippen LogP contribution in [0.3, 0.4) is 0 Å². The predicted molar refractivity (Wildman–Crippen MR) is 109 cm³/mol. The smallest absolute Gasteiger partial charge is 0.344 e. The van der Waals surface area contributed by atoms with Gasteiger partial charge in [0.2, 0.25) is 0 Å². The highest BCUT2D eigenvalue weighted by Gasteiger charge is 2.26. The fraction of sp³-hybridized carbons (Fsp3) is 0.0455. The van der Waals surface area contributed by atoms with Gasteiger partial charge in [0.25, 0.3) is 10.0 Å². The van der Waals surface area contributed by atoms with Gasteiger partial charge < -0.3 is 4.42 Å². The molecule has 0 saturated carbocycles. The van der Waals surface area contributed by atoms with Crippen molar-refractivity contribution in [3.05, 3.63) is 88.8 Å². The minimum atomic E-state index is -3.92. The molecule has 28 heavy (non-hydrogen) atoms. The summed E-state index contributed by atoms with van der Waals surface area (Å²) in [6.45, 7) is 1.90. The molecule has 0 unspecified atom stereocenters. The number of rotatable bonds is 2. The Bertz CT molecular complexity index is 1540. The zero-order valence-electron chi connectivity index (χ0n) is 14.9. The van der Waals surface area contributed by atoms with E-state index in [-0.39, 0.29) is 10.5 Å². The van der Waals surface area contributed by atoms with Gasteiger partial charge in [-0.3, -0.25) is 0 Å². The van der Waals surface area contributed by atoms with Crippen LogP contribution in [0.25, 0.3) is 32.8 Å². The minimum absolute atomic E-state index is 0.177. The molecule has 5 nitrogen and oxygen atoms in total. The van der Waals surface area contributed by atoms with Gasteiger partial charge in [0.1, 0.15) is 5.52 Å². The molecule has 6 heteroatoms. The largest absolute Gasteiger partial charge is 0.420 e. The summed E-state index contributed by atoms with van der Waals surface area (Å²) < 4.78 is 34.1. The Balaban J connectivity index is 2.04. The second kappa shape index (κ2) is 5.81. The van der Waals surface area contributed by atoms with Crippen LogP contribution in [-0.2, 0) is 10.0 Å². The molecule has 0 aliphatic rings. The molecule has 2 aromatic heterocycles. The standard InChI is InChI=1S/C22H15NO4S/c1-14-10-12-15(13-11-14)28(25,26)23-19-9-5-4-8-18(19)21-20(23)16-6-2-3-7-17(16)22(24)27-21/h2-13H,1H3. The zero-order valence-corrected chi connectivity index (χ0v) is 15.7. The summed E-state index contributed by atoms with van der Waals surface area (Å²) in [6.07, 6.45) is 0. The fourth-order valence-corrected chi connectivity index (χ4v) is 5.13. The lowest BCUT2D eigenvalue weighted by atomic mass is 10.1. The summed E-state index contributed by atoms with van der Waals surface area (Å²) in [5.41, 5.74) is 1.60. The lowest BCUT2D eigenvalue weighted by molar-refractivity contribution is 0.571. The van der Waals surface area contributed by atoms with Crippen LogP contribution in [0.4, 0.5) is 0 Å². The molecule has 0 atom stereocenters. The predicted octanol–water partition coefficient (Wildman–Crippen LogP) is 4.45. The molecular formula is C22H15NO4S. The number of hydrogen-bond acceptors (Lipinski definition) is 4. The average molecular weight is 389 g/mol. The van der Waals surface area contributed by atoms with Crippen molar-refractivity contribution in [2.75, 3.05) is 0 Å². The van der Waals surface area contributed by atoms with Crippen molar-refractivity contribution in [3.63, 3.8) is 0 Å². The molecule has 0 spiro atoms. The number of para-hydroxylation sites is 1. The summed E-state index contributed by atoms with van der Waals surface area (Å²) in [5.74, 6) is 0. The normalized spacial score (nSPS) is 12.2. The maximum Gasteiger partial charge on any atom is 0.344 e. The topological polar surface area (TPSA) is 69.3 Å². The number of benzene rings is 3. The van der Waals surface area contributed by atoms with Crippen LogP contribution >= 0.6 is 0 Å². The first kappa shape index (κ1) is 16.8. The molecule has 5 rings (SSSR count). The lowest BCUT2D eigenvalue weighted by Crippen LogP contribution is -2.13. The number of hydrogen-bond donors (Lipinski definition) is 0. The molecule has 0 fully saturated rings. The van der Waals surface area contributed by atoms with E-state index in [1.165, 1.54) is 3.97 Å². The van der Waals surface area contributed by atoms with Gasteiger partial charge in [0.05, 0.1) is 15.8 Å². The van der Waals surface area contributed by atoms with Gasteiger partial charge in [-0.15, -0.1) is 0 Å². The van der Waals surface area contributed by atoms with E-state index in [0.29, 0.717) is 27.2 Å². The highest BCUT2D eigenvalue weighted by atomic mass is 32.2. The number of nitrogens with zero attached hydrogens (tertiary/aromatic N) is 1. The monoisotopic (exact) mass is 389 g/mol. The van der Waals surface area contributed by atoms with Gasteiger partial charge in [-0.05, 0) is 37.3 Å². The van der Waals surface area contributed by atoms with Crippen LogP contribution in [0.15, 0.2) is 86.9 Å². The van der Waals surface area contributed by atoms with Crippen molar-refractivity contribution < 1.29 is 12.8 Å². The molecule has 0 bridgehead atoms. The van der Waals surface area contributed by atoms with Gasteiger partial charge in [-0.2, -0.15) is 0 Å². The van der Waals surface area contributed by atoms with E-state index < -0.39 is 15.6 Å². The maximum absolute atomic E-state index is 13.6. The van der Waals surface area contributed by atoms with Crippen LogP contribution in [0.5, 0.6) is 0 Å². The van der Waals surface area contributed by atoms with Crippen LogP contribution in [0, 0.1) is 6.92 Å². The first-order chi connectivity index (χ1) is 13.5. The number of aryl methyl sites for hydroxylation is 1. The van der Waals surface area contributed by atoms with Gasteiger partial charge in [0.15, 0.2) is 5.58 Å². The first-order valence-electron chi connectivity index (χ1n) is 8.76. The highest BCUT2D eigenvalue weighted by Crippen LogP contribution is 2.35. The van der Waals surface area contributed by atoms with Gasteiger partial charge in [0, 0.05) is 10.8 Å². The van der Waals surface area contributed by atoms with E-state index in [9.17, 15) is 13.2 Å². The van der Waals surface area contributed by atoms with E-state index in [0.717, 1.165) is 5.56 Å². The molecule has 0 aliphatic carbocycles. The third-order valence-electron chi connectivity index (χ3n) is 4.94. The Hall–Kier alpha value is -3.38. The molecule has 2 heterocycles. The summed E-state index contributed by atoms with van der Waals surface area (Å²) in [4.78, 5) is 12.7. The second-order valence-corrected chi connectivity index (χ2v) is 8.50. The van der Waals surface area contributed by atoms with Gasteiger partial charge in [-0.1, -0.05) is 48.0 Å². The summed E-state index contributed by atoms with van der Waals surface area (Å²) in [5, 5.41) is 1.47. The summed E-state index contributed by atoms with van der Waals surface area (Å²) in [7, 11) is -3.92.